The molecule has 0 bridgehead atoms. The molecule has 3 rings (SSSR count). The van der Waals surface area contributed by atoms with Crippen molar-refractivity contribution >= 4 is 17.6 Å². The second-order valence-electron chi connectivity index (χ2n) is 7.41. The van der Waals surface area contributed by atoms with Crippen LogP contribution in [-0.4, -0.2) is 36.1 Å². The highest BCUT2D eigenvalue weighted by molar-refractivity contribution is 5.92. The predicted octanol–water partition coefficient (Wildman–Crippen LogP) is 4.21. The third kappa shape index (κ3) is 5.51. The molecule has 0 saturated heterocycles. The Kier molecular flexibility index (Phi) is 6.95. The van der Waals surface area contributed by atoms with Crippen molar-refractivity contribution in [2.24, 2.45) is 5.92 Å². The fourth-order valence-corrected chi connectivity index (χ4v) is 3.66. The first-order valence-corrected chi connectivity index (χ1v) is 9.76. The van der Waals surface area contributed by atoms with Crippen molar-refractivity contribution < 1.29 is 36.3 Å². The first kappa shape index (κ1) is 23.4. The highest BCUT2D eigenvalue weighted by Crippen LogP contribution is 2.34. The lowest BCUT2D eigenvalue weighted by Gasteiger charge is -2.29. The van der Waals surface area contributed by atoms with Crippen LogP contribution in [0.1, 0.15) is 25.7 Å². The number of alkyl halides is 3. The molecule has 2 N–H and O–H groups in total. The summed E-state index contributed by atoms with van der Waals surface area (Å²) in [4.78, 5) is 27.6. The predicted molar refractivity (Wildman–Crippen MR) is 105 cm³/mol. The summed E-state index contributed by atoms with van der Waals surface area (Å²) in [7, 11) is 1.30. The van der Waals surface area contributed by atoms with Gasteiger partial charge in [0.2, 0.25) is 5.91 Å². The molecule has 6 nitrogen and oxygen atoms in total. The molecule has 0 spiro atoms. The summed E-state index contributed by atoms with van der Waals surface area (Å²) >= 11 is 0. The minimum atomic E-state index is -4.99. The Balaban J connectivity index is 1.73. The number of methoxy groups -OCH3 is 1. The van der Waals surface area contributed by atoms with Gasteiger partial charge in [-0.25, -0.2) is 13.8 Å². The van der Waals surface area contributed by atoms with Crippen LogP contribution in [0.3, 0.4) is 0 Å². The lowest BCUT2D eigenvalue weighted by Crippen LogP contribution is -2.46. The summed E-state index contributed by atoms with van der Waals surface area (Å²) < 4.78 is 70.3. The van der Waals surface area contributed by atoms with Gasteiger partial charge in [0.1, 0.15) is 23.2 Å². The topological polar surface area (TPSA) is 80.3 Å². The minimum absolute atomic E-state index is 0.0132. The molecule has 32 heavy (non-hydrogen) atoms. The lowest BCUT2D eigenvalue weighted by molar-refractivity contribution is -0.174. The van der Waals surface area contributed by atoms with Gasteiger partial charge in [-0.15, -0.1) is 0 Å². The van der Waals surface area contributed by atoms with E-state index in [-0.39, 0.29) is 29.1 Å². The number of anilines is 1. The molecule has 1 aromatic carbocycles. The molecule has 11 heteroatoms. The molecular weight excluding hydrogens is 437 g/mol. The van der Waals surface area contributed by atoms with Gasteiger partial charge in [0, 0.05) is 29.2 Å². The molecule has 1 heterocycles. The van der Waals surface area contributed by atoms with Crippen molar-refractivity contribution in [1.29, 1.82) is 0 Å². The maximum absolute atomic E-state index is 14.4. The summed E-state index contributed by atoms with van der Waals surface area (Å²) in [6, 6.07) is 4.02. The fraction of sp³-hybridized carbons (Fsp3) is 0.381. The zero-order valence-corrected chi connectivity index (χ0v) is 16.9. The third-order valence-electron chi connectivity index (χ3n) is 5.20. The highest BCUT2D eigenvalue weighted by atomic mass is 19.4. The summed E-state index contributed by atoms with van der Waals surface area (Å²) in [6.45, 7) is 0. The number of halogens is 5. The molecule has 0 unspecified atom stereocenters. The third-order valence-corrected chi connectivity index (χ3v) is 5.20. The fourth-order valence-electron chi connectivity index (χ4n) is 3.66. The summed E-state index contributed by atoms with van der Waals surface area (Å²) in [6.07, 6.45) is -2.87. The average Bonchev–Trinajstić information content (AvgIpc) is 2.74. The van der Waals surface area contributed by atoms with Crippen LogP contribution in [-0.2, 0) is 9.59 Å². The van der Waals surface area contributed by atoms with Crippen LogP contribution >= 0.6 is 0 Å². The number of carbonyl (C=O) groups is 2. The van der Waals surface area contributed by atoms with Gasteiger partial charge in [-0.3, -0.25) is 9.59 Å². The number of benzene rings is 1. The lowest BCUT2D eigenvalue weighted by atomic mass is 9.85. The van der Waals surface area contributed by atoms with Crippen LogP contribution in [0.2, 0.25) is 0 Å². The van der Waals surface area contributed by atoms with E-state index in [2.05, 4.69) is 10.3 Å². The van der Waals surface area contributed by atoms with Crippen molar-refractivity contribution in [2.45, 2.75) is 37.9 Å². The Bertz CT molecular complexity index is 1010. The van der Waals surface area contributed by atoms with Gasteiger partial charge in [0.15, 0.2) is 0 Å². The molecule has 1 fully saturated rings. The summed E-state index contributed by atoms with van der Waals surface area (Å²) in [5, 5.41) is 4.44. The summed E-state index contributed by atoms with van der Waals surface area (Å²) in [5.74, 6) is -4.40. The number of hydrogen-bond acceptors (Lipinski definition) is 4. The van der Waals surface area contributed by atoms with Crippen molar-refractivity contribution in [2.75, 3.05) is 12.4 Å². The maximum Gasteiger partial charge on any atom is 0.471 e. The Morgan fingerprint density at radius 2 is 1.88 bits per heavy atom. The molecule has 1 aliphatic rings. The molecule has 172 valence electrons. The SMILES string of the molecule is COc1cc(F)ccc1-c1cc(NC(=O)[C@H]2CCC[C@@H](NC(=O)C(F)(F)F)C2)ncc1F. The van der Waals surface area contributed by atoms with E-state index in [1.165, 1.54) is 19.2 Å². The van der Waals surface area contributed by atoms with Crippen molar-refractivity contribution in [1.82, 2.24) is 10.3 Å². The smallest absolute Gasteiger partial charge is 0.471 e. The normalized spacial score (nSPS) is 18.7. The quantitative estimate of drug-likeness (QED) is 0.660. The van der Waals surface area contributed by atoms with E-state index in [1.54, 1.807) is 0 Å². The number of ether oxygens (including phenoxy) is 1. The second-order valence-corrected chi connectivity index (χ2v) is 7.41. The van der Waals surface area contributed by atoms with Gasteiger partial charge >= 0.3 is 12.1 Å². The molecule has 2 atom stereocenters. The monoisotopic (exact) mass is 457 g/mol. The van der Waals surface area contributed by atoms with Gasteiger partial charge < -0.3 is 15.4 Å². The van der Waals surface area contributed by atoms with Crippen LogP contribution in [0.5, 0.6) is 5.75 Å². The number of nitrogens with one attached hydrogen (secondary N) is 2. The number of rotatable bonds is 5. The van der Waals surface area contributed by atoms with Crippen LogP contribution in [0, 0.1) is 17.6 Å². The minimum Gasteiger partial charge on any atom is -0.496 e. The van der Waals surface area contributed by atoms with Crippen LogP contribution in [0.4, 0.5) is 27.8 Å². The zero-order chi connectivity index (χ0) is 23.5. The molecule has 0 aliphatic heterocycles. The van der Waals surface area contributed by atoms with Crippen LogP contribution in [0.15, 0.2) is 30.5 Å². The van der Waals surface area contributed by atoms with Gasteiger partial charge in [-0.1, -0.05) is 6.42 Å². The number of amides is 2. The molecule has 1 aromatic heterocycles. The van der Waals surface area contributed by atoms with E-state index < -0.39 is 41.6 Å². The van der Waals surface area contributed by atoms with E-state index >= 15 is 0 Å². The van der Waals surface area contributed by atoms with Gasteiger partial charge in [-0.05, 0) is 37.5 Å². The number of hydrogen-bond donors (Lipinski definition) is 2. The number of pyridine rings is 1. The van der Waals surface area contributed by atoms with Crippen molar-refractivity contribution in [3.05, 3.63) is 42.1 Å². The Hall–Kier alpha value is -3.24. The second kappa shape index (κ2) is 9.49. The Morgan fingerprint density at radius 1 is 1.12 bits per heavy atom. The Labute approximate surface area is 180 Å². The molecule has 2 aromatic rings. The van der Waals surface area contributed by atoms with E-state index in [4.69, 9.17) is 4.74 Å². The van der Waals surface area contributed by atoms with Crippen molar-refractivity contribution in [3.63, 3.8) is 0 Å². The maximum atomic E-state index is 14.4. The number of carbonyl (C=O) groups excluding carboxylic acids is 2. The van der Waals surface area contributed by atoms with E-state index in [0.717, 1.165) is 18.3 Å². The van der Waals surface area contributed by atoms with Gasteiger partial charge in [-0.2, -0.15) is 13.2 Å². The Morgan fingerprint density at radius 3 is 2.56 bits per heavy atom. The standard InChI is InChI=1S/C21H20F5N3O3/c1-32-17-8-12(22)5-6-14(17)15-9-18(27-10-16(15)23)29-19(30)11-3-2-4-13(7-11)28-20(31)21(24,25)26/h5-6,8-11,13H,2-4,7H2,1H3,(H,28,31)(H,27,29,30)/t11-,13+/m0/s1. The largest absolute Gasteiger partial charge is 0.496 e. The van der Waals surface area contributed by atoms with Gasteiger partial charge in [0.05, 0.1) is 13.3 Å². The van der Waals surface area contributed by atoms with Crippen LogP contribution in [0.25, 0.3) is 11.1 Å². The summed E-state index contributed by atoms with van der Waals surface area (Å²) in [5.41, 5.74) is 0.267. The molecule has 1 aliphatic carbocycles. The number of aromatic nitrogens is 1. The molecule has 0 radical (unpaired) electrons. The van der Waals surface area contributed by atoms with E-state index in [1.807, 2.05) is 5.32 Å². The average molecular weight is 457 g/mol. The highest BCUT2D eigenvalue weighted by Gasteiger charge is 2.40. The van der Waals surface area contributed by atoms with E-state index in [0.29, 0.717) is 19.3 Å². The van der Waals surface area contributed by atoms with Crippen molar-refractivity contribution in [3.8, 4) is 16.9 Å². The molecule has 1 saturated carbocycles. The van der Waals surface area contributed by atoms with Gasteiger partial charge in [0.25, 0.3) is 0 Å². The first-order valence-electron chi connectivity index (χ1n) is 9.76. The molecule has 2 amide bonds. The van der Waals surface area contributed by atoms with E-state index in [9.17, 15) is 31.5 Å². The zero-order valence-electron chi connectivity index (χ0n) is 16.9. The number of nitrogens with zero attached hydrogens (tertiary/aromatic N) is 1. The van der Waals surface area contributed by atoms with Crippen LogP contribution < -0.4 is 15.4 Å². The first-order chi connectivity index (χ1) is 15.1. The molecular formula is C21H20F5N3O3.